The SMILES string of the molecule is Cc1cccc(C)c1NC(=O)CNC(=O)[C@@H](C)[NH+](C)Cc1ccc(C(F)(F)F)cc1. The molecule has 0 bridgehead atoms. The van der Waals surface area contributed by atoms with Gasteiger partial charge >= 0.3 is 6.18 Å². The number of aryl methyl sites for hydroxylation is 2. The van der Waals surface area contributed by atoms with E-state index in [0.717, 1.165) is 33.8 Å². The average Bonchev–Trinajstić information content (AvgIpc) is 2.68. The van der Waals surface area contributed by atoms with Crippen molar-refractivity contribution < 1.29 is 27.7 Å². The molecular weight excluding hydrogens is 395 g/mol. The van der Waals surface area contributed by atoms with Crippen molar-refractivity contribution in [3.05, 3.63) is 64.7 Å². The Bertz CT molecular complexity index is 875. The van der Waals surface area contributed by atoms with Gasteiger partial charge in [0.2, 0.25) is 5.91 Å². The lowest BCUT2D eigenvalue weighted by atomic mass is 10.1. The van der Waals surface area contributed by atoms with Crippen LogP contribution in [-0.4, -0.2) is 31.4 Å². The molecule has 2 aromatic carbocycles. The number of hydrogen-bond acceptors (Lipinski definition) is 2. The topological polar surface area (TPSA) is 62.6 Å². The summed E-state index contributed by atoms with van der Waals surface area (Å²) in [5, 5.41) is 5.42. The summed E-state index contributed by atoms with van der Waals surface area (Å²) in [6.07, 6.45) is -4.37. The molecule has 0 saturated heterocycles. The zero-order valence-electron chi connectivity index (χ0n) is 17.5. The van der Waals surface area contributed by atoms with Crippen LogP contribution in [-0.2, 0) is 22.3 Å². The molecule has 1 unspecified atom stereocenters. The maximum Gasteiger partial charge on any atom is 0.416 e. The van der Waals surface area contributed by atoms with Crippen molar-refractivity contribution in [2.45, 2.75) is 39.5 Å². The van der Waals surface area contributed by atoms with E-state index in [1.165, 1.54) is 12.1 Å². The molecule has 2 rings (SSSR count). The van der Waals surface area contributed by atoms with Gasteiger partial charge in [0.25, 0.3) is 5.91 Å². The minimum Gasteiger partial charge on any atom is -0.342 e. The van der Waals surface area contributed by atoms with Crippen molar-refractivity contribution in [1.29, 1.82) is 0 Å². The summed E-state index contributed by atoms with van der Waals surface area (Å²) in [5.74, 6) is -0.635. The molecule has 0 aliphatic carbocycles. The predicted octanol–water partition coefficient (Wildman–Crippen LogP) is 2.48. The highest BCUT2D eigenvalue weighted by Crippen LogP contribution is 2.29. The number of carbonyl (C=O) groups excluding carboxylic acids is 2. The highest BCUT2D eigenvalue weighted by Gasteiger charge is 2.30. The van der Waals surface area contributed by atoms with Crippen LogP contribution in [0.1, 0.15) is 29.2 Å². The number of likely N-dealkylation sites (N-methyl/N-ethyl adjacent to an activating group) is 1. The fraction of sp³-hybridized carbons (Fsp3) is 0.364. The van der Waals surface area contributed by atoms with E-state index in [9.17, 15) is 22.8 Å². The van der Waals surface area contributed by atoms with Crippen LogP contribution >= 0.6 is 0 Å². The van der Waals surface area contributed by atoms with Gasteiger partial charge in [-0.05, 0) is 44.0 Å². The molecule has 0 aliphatic heterocycles. The third kappa shape index (κ3) is 6.32. The molecule has 0 saturated carbocycles. The second-order valence-electron chi connectivity index (χ2n) is 7.47. The molecule has 2 amide bonds. The summed E-state index contributed by atoms with van der Waals surface area (Å²) in [6, 6.07) is 10.1. The number of carbonyl (C=O) groups is 2. The normalized spacial score (nSPS) is 13.4. The first kappa shape index (κ1) is 23.4. The lowest BCUT2D eigenvalue weighted by Gasteiger charge is -2.21. The standard InChI is InChI=1S/C22H26F3N3O2/c1-14-6-5-7-15(2)20(14)27-19(29)12-26-21(30)16(3)28(4)13-17-8-10-18(11-9-17)22(23,24)25/h5-11,16H,12-13H2,1-4H3,(H,26,30)(H,27,29)/p+1/t16-/m1/s1. The van der Waals surface area contributed by atoms with Crippen LogP contribution < -0.4 is 15.5 Å². The number of quaternary nitrogens is 1. The number of halogens is 3. The summed E-state index contributed by atoms with van der Waals surface area (Å²) < 4.78 is 38.0. The van der Waals surface area contributed by atoms with E-state index in [1.807, 2.05) is 32.0 Å². The van der Waals surface area contributed by atoms with E-state index in [2.05, 4.69) is 10.6 Å². The highest BCUT2D eigenvalue weighted by molar-refractivity contribution is 5.96. The first-order valence-electron chi connectivity index (χ1n) is 9.61. The maximum atomic E-state index is 12.7. The zero-order chi connectivity index (χ0) is 22.5. The van der Waals surface area contributed by atoms with Crippen LogP contribution in [0.4, 0.5) is 18.9 Å². The lowest BCUT2D eigenvalue weighted by molar-refractivity contribution is -0.908. The molecule has 0 spiro atoms. The summed E-state index contributed by atoms with van der Waals surface area (Å²) in [7, 11) is 1.78. The van der Waals surface area contributed by atoms with Crippen molar-refractivity contribution in [3.8, 4) is 0 Å². The molecule has 0 aromatic heterocycles. The van der Waals surface area contributed by atoms with Crippen LogP contribution in [0.3, 0.4) is 0 Å². The minimum absolute atomic E-state index is 0.162. The number of amides is 2. The van der Waals surface area contributed by atoms with Gasteiger partial charge in [0, 0.05) is 11.3 Å². The molecule has 2 aromatic rings. The van der Waals surface area contributed by atoms with Gasteiger partial charge in [0.05, 0.1) is 19.2 Å². The summed E-state index contributed by atoms with van der Waals surface area (Å²) in [5.41, 5.74) is 2.58. The number of nitrogens with one attached hydrogen (secondary N) is 3. The number of alkyl halides is 3. The number of para-hydroxylation sites is 1. The fourth-order valence-electron chi connectivity index (χ4n) is 3.03. The van der Waals surface area contributed by atoms with E-state index >= 15 is 0 Å². The lowest BCUT2D eigenvalue weighted by Crippen LogP contribution is -3.12. The molecular formula is C22H27F3N3O2+. The Balaban J connectivity index is 1.86. The average molecular weight is 422 g/mol. The molecule has 5 nitrogen and oxygen atoms in total. The quantitative estimate of drug-likeness (QED) is 0.642. The zero-order valence-corrected chi connectivity index (χ0v) is 17.5. The van der Waals surface area contributed by atoms with Gasteiger partial charge < -0.3 is 15.5 Å². The molecule has 2 atom stereocenters. The Kier molecular flexibility index (Phi) is 7.61. The van der Waals surface area contributed by atoms with Gasteiger partial charge in [0.1, 0.15) is 6.54 Å². The van der Waals surface area contributed by atoms with Crippen LogP contribution in [0, 0.1) is 13.8 Å². The molecule has 162 valence electrons. The third-order valence-electron chi connectivity index (χ3n) is 5.07. The predicted molar refractivity (Wildman–Crippen MR) is 109 cm³/mol. The Labute approximate surface area is 174 Å². The summed E-state index contributed by atoms with van der Waals surface area (Å²) in [4.78, 5) is 25.4. The van der Waals surface area contributed by atoms with Crippen molar-refractivity contribution in [2.75, 3.05) is 18.9 Å². The molecule has 0 fully saturated rings. The van der Waals surface area contributed by atoms with Gasteiger partial charge in [-0.2, -0.15) is 13.2 Å². The largest absolute Gasteiger partial charge is 0.416 e. The van der Waals surface area contributed by atoms with Gasteiger partial charge in [0.15, 0.2) is 6.04 Å². The van der Waals surface area contributed by atoms with Crippen LogP contribution in [0.15, 0.2) is 42.5 Å². The van der Waals surface area contributed by atoms with Crippen molar-refractivity contribution >= 4 is 17.5 Å². The van der Waals surface area contributed by atoms with Crippen LogP contribution in [0.2, 0.25) is 0 Å². The number of hydrogen-bond donors (Lipinski definition) is 3. The Hall–Kier alpha value is -2.87. The summed E-state index contributed by atoms with van der Waals surface area (Å²) in [6.45, 7) is 5.70. The highest BCUT2D eigenvalue weighted by atomic mass is 19.4. The summed E-state index contributed by atoms with van der Waals surface area (Å²) >= 11 is 0. The molecule has 0 heterocycles. The van der Waals surface area contributed by atoms with E-state index in [1.54, 1.807) is 14.0 Å². The van der Waals surface area contributed by atoms with Crippen molar-refractivity contribution in [1.82, 2.24) is 5.32 Å². The molecule has 30 heavy (non-hydrogen) atoms. The first-order chi connectivity index (χ1) is 14.0. The van der Waals surface area contributed by atoms with E-state index in [4.69, 9.17) is 0 Å². The van der Waals surface area contributed by atoms with Gasteiger partial charge in [-0.25, -0.2) is 0 Å². The number of anilines is 1. The van der Waals surface area contributed by atoms with Gasteiger partial charge in [-0.1, -0.05) is 30.3 Å². The Morgan fingerprint density at radius 3 is 2.13 bits per heavy atom. The smallest absolute Gasteiger partial charge is 0.342 e. The molecule has 3 N–H and O–H groups in total. The maximum absolute atomic E-state index is 12.7. The minimum atomic E-state index is -4.37. The fourth-order valence-corrected chi connectivity index (χ4v) is 3.03. The Morgan fingerprint density at radius 1 is 1.03 bits per heavy atom. The van der Waals surface area contributed by atoms with Crippen molar-refractivity contribution in [3.63, 3.8) is 0 Å². The second-order valence-corrected chi connectivity index (χ2v) is 7.47. The molecule has 8 heteroatoms. The monoisotopic (exact) mass is 422 g/mol. The van der Waals surface area contributed by atoms with E-state index in [-0.39, 0.29) is 18.4 Å². The van der Waals surface area contributed by atoms with Crippen LogP contribution in [0.5, 0.6) is 0 Å². The van der Waals surface area contributed by atoms with Crippen molar-refractivity contribution in [2.24, 2.45) is 0 Å². The Morgan fingerprint density at radius 2 is 1.60 bits per heavy atom. The van der Waals surface area contributed by atoms with Gasteiger partial charge in [-0.3, -0.25) is 9.59 Å². The third-order valence-corrected chi connectivity index (χ3v) is 5.07. The molecule has 0 radical (unpaired) electrons. The number of benzene rings is 2. The van der Waals surface area contributed by atoms with Gasteiger partial charge in [-0.15, -0.1) is 0 Å². The number of rotatable bonds is 7. The van der Waals surface area contributed by atoms with Crippen LogP contribution in [0.25, 0.3) is 0 Å². The molecule has 0 aliphatic rings. The van der Waals surface area contributed by atoms with E-state index < -0.39 is 17.8 Å². The van der Waals surface area contributed by atoms with E-state index in [0.29, 0.717) is 12.1 Å². The first-order valence-corrected chi connectivity index (χ1v) is 9.61. The second kappa shape index (κ2) is 9.75.